The lowest BCUT2D eigenvalue weighted by molar-refractivity contribution is 0.0720. The summed E-state index contributed by atoms with van der Waals surface area (Å²) in [6, 6.07) is 37.7. The zero-order valence-corrected chi connectivity index (χ0v) is 63.4. The van der Waals surface area contributed by atoms with Crippen molar-refractivity contribution in [3.05, 3.63) is 293 Å². The first-order chi connectivity index (χ1) is 48.8. The van der Waals surface area contributed by atoms with Gasteiger partial charge in [-0.3, -0.25) is 19.9 Å². The molecule has 0 spiro atoms. The number of nitrogens with zero attached hydrogens (tertiary/aromatic N) is 4. The molecule has 14 nitrogen and oxygen atoms in total. The van der Waals surface area contributed by atoms with Crippen LogP contribution in [0, 0.1) is 0 Å². The van der Waals surface area contributed by atoms with Crippen LogP contribution in [0.15, 0.2) is 171 Å². The Bertz CT molecular complexity index is 4330. The number of fused-ring (bicyclic) bond motifs is 12. The molecule has 0 radical (unpaired) electrons. The minimum atomic E-state index is -0.662. The molecule has 104 heavy (non-hydrogen) atoms. The van der Waals surface area contributed by atoms with Crippen molar-refractivity contribution in [3.8, 4) is 34.5 Å². The van der Waals surface area contributed by atoms with E-state index in [1.54, 1.807) is 73.3 Å². The van der Waals surface area contributed by atoms with E-state index in [0.29, 0.717) is 66.8 Å². The Morgan fingerprint density at radius 1 is 0.269 bits per heavy atom. The first kappa shape index (κ1) is 74.6. The van der Waals surface area contributed by atoms with Crippen molar-refractivity contribution in [2.24, 2.45) is 0 Å². The predicted molar refractivity (Wildman–Crippen MR) is 408 cm³/mol. The molecule has 6 aromatic carbocycles. The van der Waals surface area contributed by atoms with Crippen molar-refractivity contribution in [1.82, 2.24) is 19.9 Å². The lowest BCUT2D eigenvalue weighted by atomic mass is 9.79. The van der Waals surface area contributed by atoms with Crippen molar-refractivity contribution in [3.63, 3.8) is 0 Å². The summed E-state index contributed by atoms with van der Waals surface area (Å²) in [7, 11) is 0. The number of hydrogen-bond donors (Lipinski definition) is 2. The molecule has 10 aromatic rings. The molecule has 4 heterocycles. The maximum atomic E-state index is 14.9. The second-order valence-corrected chi connectivity index (χ2v) is 33.9. The van der Waals surface area contributed by atoms with Crippen LogP contribution >= 0.6 is 0 Å². The lowest BCUT2D eigenvalue weighted by Crippen LogP contribution is -2.19. The summed E-state index contributed by atoms with van der Waals surface area (Å²) in [5.41, 5.74) is 10.1. The molecule has 0 atom stereocenters. The number of aromatic hydroxyl groups is 2. The summed E-state index contributed by atoms with van der Waals surface area (Å²) in [4.78, 5) is 77.0. The molecular formula is C90H96N4O10. The Balaban J connectivity index is 1.29. The highest BCUT2D eigenvalue weighted by atomic mass is 16.5. The van der Waals surface area contributed by atoms with Crippen LogP contribution in [0.3, 0.4) is 0 Å². The lowest BCUT2D eigenvalue weighted by Gasteiger charge is -2.28. The van der Waals surface area contributed by atoms with Crippen molar-refractivity contribution in [2.45, 2.75) is 196 Å². The van der Waals surface area contributed by atoms with Crippen LogP contribution in [-0.4, -0.2) is 54.0 Å². The van der Waals surface area contributed by atoms with Gasteiger partial charge in [-0.25, -0.2) is 19.2 Å². The van der Waals surface area contributed by atoms with E-state index in [1.165, 1.54) is 24.8 Å². The fourth-order valence-electron chi connectivity index (χ4n) is 13.0. The second-order valence-electron chi connectivity index (χ2n) is 33.9. The van der Waals surface area contributed by atoms with Gasteiger partial charge in [0.2, 0.25) is 0 Å². The summed E-state index contributed by atoms with van der Waals surface area (Å²) in [6.45, 7) is 38.1. The molecule has 0 aliphatic heterocycles. The predicted octanol–water partition coefficient (Wildman–Crippen LogP) is 19.2. The Kier molecular flexibility index (Phi) is 20.7. The molecule has 4 aromatic heterocycles. The summed E-state index contributed by atoms with van der Waals surface area (Å²) >= 11 is 0. The number of aromatic nitrogens is 4. The summed E-state index contributed by atoms with van der Waals surface area (Å²) in [5, 5.41) is 26.9. The molecule has 1 aliphatic carbocycles. The van der Waals surface area contributed by atoms with E-state index in [4.69, 9.17) is 18.9 Å². The zero-order valence-electron chi connectivity index (χ0n) is 63.4. The Morgan fingerprint density at radius 2 is 0.423 bits per heavy atom. The van der Waals surface area contributed by atoms with Gasteiger partial charge in [-0.2, -0.15) is 0 Å². The number of benzene rings is 6. The minimum absolute atomic E-state index is 0.0210. The van der Waals surface area contributed by atoms with Gasteiger partial charge in [-0.05, 0) is 137 Å². The Hall–Kier alpha value is -10.6. The molecule has 11 rings (SSSR count). The second kappa shape index (κ2) is 28.9. The van der Waals surface area contributed by atoms with Gasteiger partial charge >= 0.3 is 23.9 Å². The van der Waals surface area contributed by atoms with Crippen molar-refractivity contribution in [1.29, 1.82) is 0 Å². The Labute approximate surface area is 612 Å². The fourth-order valence-corrected chi connectivity index (χ4v) is 13.0. The number of rotatable bonds is 8. The van der Waals surface area contributed by atoms with Crippen LogP contribution in [0.2, 0.25) is 0 Å². The van der Waals surface area contributed by atoms with Crippen LogP contribution in [0.4, 0.5) is 0 Å². The maximum Gasteiger partial charge on any atom is 0.345 e. The number of carbonyl (C=O) groups is 4. The molecule has 0 amide bonds. The first-order valence-electron chi connectivity index (χ1n) is 35.6. The average Bonchev–Trinajstić information content (AvgIpc) is 0.768. The molecule has 0 unspecified atom stereocenters. The molecule has 14 heteroatoms. The molecule has 12 bridgehead atoms. The van der Waals surface area contributed by atoms with Crippen LogP contribution in [-0.2, 0) is 71.0 Å². The SMILES string of the molecule is CC(C)(C)c1cc2c(O)c(c1)Cc1cc(C(C)(C)C)cc(c1OC(=O)c1cccnc1)Cc1cc(C(C)(C)C)cc(c1OC(=O)c1cccnc1)Cc1cc(C(C)(C)C)cc(c1O)Cc1cc(C(C)(C)C)cc(c1OC(=O)c1cccnc1)Cc1cc(C(C)(C)C)cc(c1OC(=O)c1cccnc1)C2. The number of pyridine rings is 4. The topological polar surface area (TPSA) is 197 Å². The number of ether oxygens (including phenoxy) is 4. The summed E-state index contributed by atoms with van der Waals surface area (Å²) in [5.74, 6) is -1.72. The zero-order chi connectivity index (χ0) is 75.2. The molecule has 1 aliphatic rings. The maximum absolute atomic E-state index is 14.9. The first-order valence-corrected chi connectivity index (χ1v) is 35.6. The number of phenols is 2. The Morgan fingerprint density at radius 3 is 0.567 bits per heavy atom. The summed E-state index contributed by atoms with van der Waals surface area (Å²) in [6.07, 6.45) is 12.5. The molecule has 536 valence electrons. The van der Waals surface area contributed by atoms with E-state index in [1.807, 2.05) is 72.8 Å². The van der Waals surface area contributed by atoms with Crippen LogP contribution in [0.1, 0.15) is 266 Å². The van der Waals surface area contributed by atoms with Gasteiger partial charge in [0.1, 0.15) is 34.5 Å². The van der Waals surface area contributed by atoms with Gasteiger partial charge in [-0.1, -0.05) is 197 Å². The molecule has 0 fully saturated rings. The third-order valence-corrected chi connectivity index (χ3v) is 19.4. The third-order valence-electron chi connectivity index (χ3n) is 19.4. The van der Waals surface area contributed by atoms with Gasteiger partial charge < -0.3 is 29.2 Å². The van der Waals surface area contributed by atoms with Gasteiger partial charge in [0.05, 0.1) is 22.3 Å². The quantitative estimate of drug-likeness (QED) is 0.108. The highest BCUT2D eigenvalue weighted by Gasteiger charge is 2.33. The summed E-state index contributed by atoms with van der Waals surface area (Å²) < 4.78 is 27.3. The monoisotopic (exact) mass is 1390 g/mol. The van der Waals surface area contributed by atoms with E-state index in [0.717, 1.165) is 33.4 Å². The van der Waals surface area contributed by atoms with Crippen molar-refractivity contribution in [2.75, 3.05) is 0 Å². The van der Waals surface area contributed by atoms with E-state index in [9.17, 15) is 29.4 Å². The molecule has 2 N–H and O–H groups in total. The highest BCUT2D eigenvalue weighted by molar-refractivity contribution is 5.93. The van der Waals surface area contributed by atoms with Crippen LogP contribution in [0.25, 0.3) is 0 Å². The number of esters is 4. The van der Waals surface area contributed by atoms with E-state index in [-0.39, 0.29) is 95.3 Å². The minimum Gasteiger partial charge on any atom is -0.507 e. The van der Waals surface area contributed by atoms with E-state index < -0.39 is 56.4 Å². The highest BCUT2D eigenvalue weighted by Crippen LogP contribution is 2.47. The standard InChI is InChI=1S/C90H96N4O10/c1-85(2,3)69-37-57-31-61-41-71(87(7,8)9)45-65(77(61)101-81(97)53-23-19-27-91-49-53)35-67-47-73(89(13,14)15)43-63(79(67)103-83(99)55-25-21-29-93-51-55)33-59-39-70(86(4,5)6)40-60(76(59)96)34-64-44-74(90(16,17)18)48-68(80(64)104-84(100)56-26-22-30-94-52-56)36-66-46-72(88(10,11)12)42-62(32-58(38-69)75(57)95)78(66)102-82(98)54-24-20-28-92-50-54/h19-30,37-52,95-96H,31-36H2,1-18H3. The van der Waals surface area contributed by atoms with Gasteiger partial charge in [0, 0.05) is 133 Å². The third kappa shape index (κ3) is 17.0. The number of carbonyl (C=O) groups excluding carboxylic acids is 4. The van der Waals surface area contributed by atoms with Gasteiger partial charge in [-0.15, -0.1) is 0 Å². The van der Waals surface area contributed by atoms with Crippen molar-refractivity contribution >= 4 is 23.9 Å². The largest absolute Gasteiger partial charge is 0.507 e. The van der Waals surface area contributed by atoms with E-state index in [2.05, 4.69) is 145 Å². The smallest absolute Gasteiger partial charge is 0.345 e. The number of phenolic OH excluding ortho intramolecular Hbond substituents is 2. The van der Waals surface area contributed by atoms with Gasteiger partial charge in [0.25, 0.3) is 0 Å². The normalized spacial score (nSPS) is 13.1. The van der Waals surface area contributed by atoms with Crippen LogP contribution < -0.4 is 18.9 Å². The van der Waals surface area contributed by atoms with Crippen LogP contribution in [0.5, 0.6) is 34.5 Å². The fraction of sp³-hybridized carbons (Fsp3) is 0.333. The van der Waals surface area contributed by atoms with Crippen molar-refractivity contribution < 1.29 is 48.3 Å². The molecule has 0 saturated carbocycles. The average molecular weight is 1390 g/mol. The molecular weight excluding hydrogens is 1300 g/mol. The van der Waals surface area contributed by atoms with Gasteiger partial charge in [0.15, 0.2) is 0 Å². The number of hydrogen-bond acceptors (Lipinski definition) is 14. The molecule has 0 saturated heterocycles. The van der Waals surface area contributed by atoms with E-state index >= 15 is 0 Å².